The zero-order valence-corrected chi connectivity index (χ0v) is 19.7. The van der Waals surface area contributed by atoms with E-state index in [1.165, 1.54) is 6.33 Å². The summed E-state index contributed by atoms with van der Waals surface area (Å²) in [6, 6.07) is 8.03. The minimum Gasteiger partial charge on any atom is -0.383 e. The van der Waals surface area contributed by atoms with Gasteiger partial charge in [-0.25, -0.2) is 19.6 Å². The van der Waals surface area contributed by atoms with Gasteiger partial charge in [0.25, 0.3) is 5.91 Å². The lowest BCUT2D eigenvalue weighted by Gasteiger charge is -2.22. The van der Waals surface area contributed by atoms with E-state index in [9.17, 15) is 18.0 Å². The fourth-order valence-electron chi connectivity index (χ4n) is 4.75. The van der Waals surface area contributed by atoms with Gasteiger partial charge in [0.1, 0.15) is 23.7 Å². The Morgan fingerprint density at radius 2 is 1.95 bits per heavy atom. The fourth-order valence-corrected chi connectivity index (χ4v) is 4.75. The second-order valence-corrected chi connectivity index (χ2v) is 8.92. The Kier molecular flexibility index (Phi) is 5.55. The Morgan fingerprint density at radius 1 is 1.13 bits per heavy atom. The van der Waals surface area contributed by atoms with E-state index in [2.05, 4.69) is 30.5 Å². The summed E-state index contributed by atoms with van der Waals surface area (Å²) in [5, 5.41) is 15.1. The lowest BCUT2D eigenvalue weighted by atomic mass is 9.93. The smallest absolute Gasteiger partial charge is 0.383 e. The van der Waals surface area contributed by atoms with E-state index in [1.54, 1.807) is 24.3 Å². The number of aromatic amines is 1. The number of halogens is 3. The molecule has 1 aliphatic carbocycles. The molecule has 0 fully saturated rings. The Balaban J connectivity index is 1.32. The van der Waals surface area contributed by atoms with Gasteiger partial charge < -0.3 is 11.1 Å². The minimum atomic E-state index is -4.54. The van der Waals surface area contributed by atoms with Gasteiger partial charge >= 0.3 is 6.18 Å². The SMILES string of the molecule is Nc1ncnc2c1c(-c1ccc(C(=O)Nc3cc(C(F)(F)F)ccn3)cc1)nn2C1CCCc2[nH]ncc21. The van der Waals surface area contributed by atoms with Crippen LogP contribution < -0.4 is 11.1 Å². The second kappa shape index (κ2) is 8.94. The zero-order chi connectivity index (χ0) is 26.4. The molecule has 0 spiro atoms. The van der Waals surface area contributed by atoms with E-state index >= 15 is 0 Å². The van der Waals surface area contributed by atoms with Crippen molar-refractivity contribution in [3.63, 3.8) is 0 Å². The molecule has 6 rings (SSSR count). The Bertz CT molecular complexity index is 1660. The van der Waals surface area contributed by atoms with Crippen LogP contribution in [0.2, 0.25) is 0 Å². The van der Waals surface area contributed by atoms with E-state index in [4.69, 9.17) is 10.8 Å². The molecule has 1 atom stereocenters. The van der Waals surface area contributed by atoms with Crippen molar-refractivity contribution in [1.29, 1.82) is 0 Å². The number of anilines is 2. The van der Waals surface area contributed by atoms with Crippen LogP contribution in [0.25, 0.3) is 22.3 Å². The van der Waals surface area contributed by atoms with Crippen molar-refractivity contribution in [2.24, 2.45) is 0 Å². The molecule has 192 valence electrons. The number of rotatable bonds is 4. The van der Waals surface area contributed by atoms with Crippen molar-refractivity contribution in [3.8, 4) is 11.3 Å². The normalized spacial score (nSPS) is 15.4. The van der Waals surface area contributed by atoms with Crippen molar-refractivity contribution in [2.45, 2.75) is 31.5 Å². The Morgan fingerprint density at radius 3 is 2.74 bits per heavy atom. The first-order chi connectivity index (χ1) is 18.3. The highest BCUT2D eigenvalue weighted by molar-refractivity contribution is 6.04. The lowest BCUT2D eigenvalue weighted by Crippen LogP contribution is -2.18. The molecule has 13 heteroatoms. The van der Waals surface area contributed by atoms with Gasteiger partial charge in [0, 0.05) is 28.6 Å². The third kappa shape index (κ3) is 4.11. The number of carbonyl (C=O) groups is 1. The number of aromatic nitrogens is 7. The van der Waals surface area contributed by atoms with Crippen molar-refractivity contribution >= 4 is 28.6 Å². The van der Waals surface area contributed by atoms with Crippen LogP contribution in [-0.2, 0) is 12.6 Å². The molecule has 4 N–H and O–H groups in total. The van der Waals surface area contributed by atoms with E-state index in [0.717, 1.165) is 48.8 Å². The van der Waals surface area contributed by atoms with Crippen LogP contribution in [0.1, 0.15) is 46.1 Å². The molecule has 0 bridgehead atoms. The summed E-state index contributed by atoms with van der Waals surface area (Å²) in [4.78, 5) is 25.1. The number of amides is 1. The minimum absolute atomic E-state index is 0.0759. The van der Waals surface area contributed by atoms with Gasteiger partial charge in [-0.15, -0.1) is 0 Å². The summed E-state index contributed by atoms with van der Waals surface area (Å²) >= 11 is 0. The monoisotopic (exact) mass is 519 g/mol. The second-order valence-electron chi connectivity index (χ2n) is 8.92. The van der Waals surface area contributed by atoms with Gasteiger partial charge in [0.05, 0.1) is 23.2 Å². The van der Waals surface area contributed by atoms with Crippen LogP contribution in [0.5, 0.6) is 0 Å². The largest absolute Gasteiger partial charge is 0.416 e. The predicted octanol–water partition coefficient (Wildman–Crippen LogP) is 4.39. The molecule has 0 radical (unpaired) electrons. The highest BCUT2D eigenvalue weighted by Gasteiger charge is 2.31. The molecule has 4 heterocycles. The number of nitrogen functional groups attached to an aromatic ring is 1. The number of aryl methyl sites for hydroxylation is 1. The zero-order valence-electron chi connectivity index (χ0n) is 19.7. The molecule has 4 aromatic heterocycles. The molecular weight excluding hydrogens is 499 g/mol. The van der Waals surface area contributed by atoms with Crippen LogP contribution in [0.3, 0.4) is 0 Å². The molecular formula is C25H20F3N9O. The maximum atomic E-state index is 13.0. The molecule has 0 saturated heterocycles. The molecule has 1 unspecified atom stereocenters. The van der Waals surface area contributed by atoms with Crippen molar-refractivity contribution in [2.75, 3.05) is 11.1 Å². The average molecular weight is 519 g/mol. The van der Waals surface area contributed by atoms with Gasteiger partial charge in [-0.05, 0) is 43.5 Å². The van der Waals surface area contributed by atoms with E-state index in [1.807, 2.05) is 10.9 Å². The topological polar surface area (TPSA) is 140 Å². The van der Waals surface area contributed by atoms with Gasteiger partial charge in [-0.1, -0.05) is 12.1 Å². The first-order valence-electron chi connectivity index (χ1n) is 11.8. The van der Waals surface area contributed by atoms with E-state index in [0.29, 0.717) is 22.3 Å². The van der Waals surface area contributed by atoms with E-state index in [-0.39, 0.29) is 23.2 Å². The van der Waals surface area contributed by atoms with Gasteiger partial charge in [-0.2, -0.15) is 23.4 Å². The summed E-state index contributed by atoms with van der Waals surface area (Å²) < 4.78 is 40.8. The molecule has 38 heavy (non-hydrogen) atoms. The van der Waals surface area contributed by atoms with Crippen LogP contribution in [0, 0.1) is 0 Å². The number of fused-ring (bicyclic) bond motifs is 2. The summed E-state index contributed by atoms with van der Waals surface area (Å²) in [6.07, 6.45) is 2.38. The summed E-state index contributed by atoms with van der Waals surface area (Å²) in [5.74, 6) is -0.525. The Labute approximate surface area is 213 Å². The van der Waals surface area contributed by atoms with Gasteiger partial charge in [0.2, 0.25) is 0 Å². The molecule has 1 aromatic carbocycles. The molecule has 10 nitrogen and oxygen atoms in total. The van der Waals surface area contributed by atoms with Gasteiger partial charge in [0.15, 0.2) is 5.65 Å². The molecule has 5 aromatic rings. The molecule has 1 amide bonds. The lowest BCUT2D eigenvalue weighted by molar-refractivity contribution is -0.137. The summed E-state index contributed by atoms with van der Waals surface area (Å²) in [6.45, 7) is 0. The average Bonchev–Trinajstić information content (AvgIpc) is 3.54. The van der Waals surface area contributed by atoms with Crippen LogP contribution in [-0.4, -0.2) is 40.8 Å². The number of nitrogens with two attached hydrogens (primary N) is 1. The highest BCUT2D eigenvalue weighted by Crippen LogP contribution is 2.37. The first-order valence-corrected chi connectivity index (χ1v) is 11.8. The molecule has 1 aliphatic rings. The quantitative estimate of drug-likeness (QED) is 0.320. The van der Waals surface area contributed by atoms with Crippen LogP contribution >= 0.6 is 0 Å². The number of hydrogen-bond donors (Lipinski definition) is 3. The van der Waals surface area contributed by atoms with Crippen LogP contribution in [0.15, 0.2) is 55.1 Å². The van der Waals surface area contributed by atoms with Crippen molar-refractivity contribution in [1.82, 2.24) is 34.9 Å². The number of nitrogens with zero attached hydrogens (tertiary/aromatic N) is 6. The summed E-state index contributed by atoms with van der Waals surface area (Å²) in [7, 11) is 0. The number of nitrogens with one attached hydrogen (secondary N) is 2. The van der Waals surface area contributed by atoms with Gasteiger partial charge in [-0.3, -0.25) is 9.89 Å². The first kappa shape index (κ1) is 23.6. The fraction of sp³-hybridized carbons (Fsp3) is 0.200. The predicted molar refractivity (Wildman–Crippen MR) is 132 cm³/mol. The van der Waals surface area contributed by atoms with Crippen molar-refractivity contribution in [3.05, 3.63) is 77.5 Å². The number of hydrogen-bond acceptors (Lipinski definition) is 7. The number of carbonyl (C=O) groups excluding carboxylic acids is 1. The Hall–Kier alpha value is -4.81. The number of benzene rings is 1. The highest BCUT2D eigenvalue weighted by atomic mass is 19.4. The third-order valence-corrected chi connectivity index (χ3v) is 6.58. The van der Waals surface area contributed by atoms with Crippen molar-refractivity contribution < 1.29 is 18.0 Å². The number of H-pyrrole nitrogens is 1. The van der Waals surface area contributed by atoms with Crippen LogP contribution in [0.4, 0.5) is 24.8 Å². The third-order valence-electron chi connectivity index (χ3n) is 6.58. The number of alkyl halides is 3. The number of pyridine rings is 1. The standard InChI is InChI=1S/C25H20F3N9O/c26-25(27,28)15-8-9-30-19(10-15)34-24(38)14-6-4-13(5-7-14)21-20-22(29)31-12-32-23(20)37(36-21)18-3-1-2-17-16(18)11-33-35-17/h4-12,18H,1-3H2,(H,33,35)(H2,29,31,32)(H,30,34,38). The summed E-state index contributed by atoms with van der Waals surface area (Å²) in [5.41, 5.74) is 9.52. The maximum Gasteiger partial charge on any atom is 0.416 e. The maximum absolute atomic E-state index is 13.0. The molecule has 0 aliphatic heterocycles. The molecule has 0 saturated carbocycles. The van der Waals surface area contributed by atoms with E-state index < -0.39 is 17.6 Å².